The predicted molar refractivity (Wildman–Crippen MR) is 128 cm³/mol. The minimum atomic E-state index is -3.43. The number of carbonyl (C=O) groups is 1. The summed E-state index contributed by atoms with van der Waals surface area (Å²) in [7, 11) is -1.86. The van der Waals surface area contributed by atoms with Crippen LogP contribution in [-0.2, 0) is 20.6 Å². The molecule has 0 bridgehead atoms. The summed E-state index contributed by atoms with van der Waals surface area (Å²) in [5, 5.41) is 2.75. The maximum atomic E-state index is 12.2. The lowest BCUT2D eigenvalue weighted by Gasteiger charge is -2.12. The molecule has 7 nitrogen and oxygen atoms in total. The number of amides is 1. The summed E-state index contributed by atoms with van der Waals surface area (Å²) in [5.41, 5.74) is 1.97. The van der Waals surface area contributed by atoms with E-state index in [4.69, 9.17) is 9.47 Å². The van der Waals surface area contributed by atoms with Crippen molar-refractivity contribution in [1.82, 2.24) is 4.72 Å². The molecule has 2 aromatic rings. The van der Waals surface area contributed by atoms with Gasteiger partial charge in [-0.1, -0.05) is 38.1 Å². The van der Waals surface area contributed by atoms with Crippen LogP contribution in [-0.4, -0.2) is 34.6 Å². The van der Waals surface area contributed by atoms with Gasteiger partial charge in [-0.2, -0.15) is 0 Å². The molecule has 0 aliphatic rings. The van der Waals surface area contributed by atoms with E-state index in [1.165, 1.54) is 12.2 Å². The summed E-state index contributed by atoms with van der Waals surface area (Å²) in [6.07, 6.45) is 4.58. The molecule has 0 saturated heterocycles. The van der Waals surface area contributed by atoms with Gasteiger partial charge in [-0.25, -0.2) is 13.1 Å². The molecule has 0 unspecified atom stereocenters. The average molecular weight is 459 g/mol. The lowest BCUT2D eigenvalue weighted by molar-refractivity contribution is -0.111. The molecule has 0 aliphatic heterocycles. The second-order valence-corrected chi connectivity index (χ2v) is 9.34. The number of sulfonamides is 1. The normalized spacial score (nSPS) is 11.5. The zero-order valence-electron chi connectivity index (χ0n) is 18.6. The summed E-state index contributed by atoms with van der Waals surface area (Å²) in [6.45, 7) is 8.39. The number of nitrogens with one attached hydrogen (secondary N) is 2. The highest BCUT2D eigenvalue weighted by Crippen LogP contribution is 2.29. The van der Waals surface area contributed by atoms with Crippen molar-refractivity contribution in [2.45, 2.75) is 19.6 Å². The van der Waals surface area contributed by atoms with Gasteiger partial charge >= 0.3 is 0 Å². The van der Waals surface area contributed by atoms with E-state index in [2.05, 4.69) is 30.5 Å². The highest BCUT2D eigenvalue weighted by molar-refractivity contribution is 7.88. The van der Waals surface area contributed by atoms with E-state index in [1.807, 2.05) is 12.1 Å². The minimum Gasteiger partial charge on any atom is -0.493 e. The van der Waals surface area contributed by atoms with E-state index in [9.17, 15) is 13.2 Å². The van der Waals surface area contributed by atoms with Crippen molar-refractivity contribution in [2.75, 3.05) is 25.6 Å². The van der Waals surface area contributed by atoms with Gasteiger partial charge in [-0.3, -0.25) is 4.79 Å². The third kappa shape index (κ3) is 8.56. The number of methoxy groups -OCH3 is 1. The van der Waals surface area contributed by atoms with Crippen molar-refractivity contribution < 1.29 is 22.7 Å². The summed E-state index contributed by atoms with van der Waals surface area (Å²) >= 11 is 0. The molecule has 0 saturated carbocycles. The van der Waals surface area contributed by atoms with Crippen molar-refractivity contribution in [3.63, 3.8) is 0 Å². The maximum Gasteiger partial charge on any atom is 0.248 e. The van der Waals surface area contributed by atoms with Crippen LogP contribution >= 0.6 is 0 Å². The Kier molecular flexibility index (Phi) is 9.49. The smallest absolute Gasteiger partial charge is 0.248 e. The molecule has 1 amide bonds. The first-order chi connectivity index (χ1) is 15.2. The average Bonchev–Trinajstić information content (AvgIpc) is 2.76. The van der Waals surface area contributed by atoms with Crippen LogP contribution in [0, 0.1) is 5.92 Å². The number of benzene rings is 2. The molecule has 8 heteroatoms. The maximum absolute atomic E-state index is 12.2. The molecule has 0 radical (unpaired) electrons. The number of ether oxygens (including phenoxy) is 2. The third-order valence-electron chi connectivity index (χ3n) is 4.21. The van der Waals surface area contributed by atoms with Crippen molar-refractivity contribution in [3.8, 4) is 11.5 Å². The Morgan fingerprint density at radius 3 is 2.47 bits per heavy atom. The van der Waals surface area contributed by atoms with Crippen LogP contribution in [0.1, 0.15) is 25.0 Å². The fraction of sp³-hybridized carbons (Fsp3) is 0.292. The quantitative estimate of drug-likeness (QED) is 0.371. The molecule has 2 rings (SSSR count). The first kappa shape index (κ1) is 25.2. The van der Waals surface area contributed by atoms with Gasteiger partial charge in [0, 0.05) is 18.3 Å². The largest absolute Gasteiger partial charge is 0.493 e. The number of anilines is 1. The third-order valence-corrected chi connectivity index (χ3v) is 5.53. The second kappa shape index (κ2) is 12.1. The Labute approximate surface area is 190 Å². The number of carbonyl (C=O) groups excluding carboxylic acids is 1. The molecular weight excluding hydrogens is 428 g/mol. The van der Waals surface area contributed by atoms with Gasteiger partial charge < -0.3 is 14.8 Å². The van der Waals surface area contributed by atoms with E-state index < -0.39 is 10.0 Å². The van der Waals surface area contributed by atoms with Crippen molar-refractivity contribution in [1.29, 1.82) is 0 Å². The molecule has 0 fully saturated rings. The van der Waals surface area contributed by atoms with Gasteiger partial charge in [0.2, 0.25) is 15.9 Å². The second-order valence-electron chi connectivity index (χ2n) is 7.53. The molecule has 2 N–H and O–H groups in total. The standard InChI is InChI=1S/C24H30N2O5S/c1-5-14-25-32(28,29)17-20-6-10-21(11-7-20)26-24(27)13-9-19-8-12-22(23(15-19)30-4)31-16-18(2)3/h5-13,15,18,25H,1,14,16-17H2,2-4H3,(H,26,27)/b13-9+. The van der Waals surface area contributed by atoms with Gasteiger partial charge in [-0.05, 0) is 47.4 Å². The first-order valence-electron chi connectivity index (χ1n) is 10.2. The van der Waals surface area contributed by atoms with Gasteiger partial charge in [0.1, 0.15) is 0 Å². The number of rotatable bonds is 12. The summed E-state index contributed by atoms with van der Waals surface area (Å²) in [5.74, 6) is 1.20. The Morgan fingerprint density at radius 2 is 1.84 bits per heavy atom. The fourth-order valence-corrected chi connectivity index (χ4v) is 3.77. The highest BCUT2D eigenvalue weighted by Gasteiger charge is 2.10. The summed E-state index contributed by atoms with van der Waals surface area (Å²) in [6, 6.07) is 12.1. The molecule has 0 aromatic heterocycles. The van der Waals surface area contributed by atoms with Gasteiger partial charge in [0.25, 0.3) is 0 Å². The number of hydrogen-bond donors (Lipinski definition) is 2. The van der Waals surface area contributed by atoms with Gasteiger partial charge in [-0.15, -0.1) is 6.58 Å². The van der Waals surface area contributed by atoms with Crippen LogP contribution in [0.5, 0.6) is 11.5 Å². The molecule has 172 valence electrons. The minimum absolute atomic E-state index is 0.145. The molecule has 0 heterocycles. The SMILES string of the molecule is C=CCNS(=O)(=O)Cc1ccc(NC(=O)/C=C/c2ccc(OCC(C)C)c(OC)c2)cc1. The van der Waals surface area contributed by atoms with Crippen molar-refractivity contribution >= 4 is 27.7 Å². The zero-order chi connectivity index (χ0) is 23.6. The Bertz CT molecular complexity index is 1040. The lowest BCUT2D eigenvalue weighted by atomic mass is 10.1. The van der Waals surface area contributed by atoms with E-state index in [0.717, 1.165) is 5.56 Å². The van der Waals surface area contributed by atoms with E-state index in [1.54, 1.807) is 43.5 Å². The summed E-state index contributed by atoms with van der Waals surface area (Å²) < 4.78 is 37.4. The van der Waals surface area contributed by atoms with E-state index >= 15 is 0 Å². The Balaban J connectivity index is 1.96. The predicted octanol–water partition coefficient (Wildman–Crippen LogP) is 3.99. The topological polar surface area (TPSA) is 93.7 Å². The lowest BCUT2D eigenvalue weighted by Crippen LogP contribution is -2.25. The number of hydrogen-bond acceptors (Lipinski definition) is 5. The Hall–Kier alpha value is -3.10. The highest BCUT2D eigenvalue weighted by atomic mass is 32.2. The van der Waals surface area contributed by atoms with E-state index in [-0.39, 0.29) is 18.2 Å². The molecule has 0 spiro atoms. The Morgan fingerprint density at radius 1 is 1.12 bits per heavy atom. The molecule has 0 aliphatic carbocycles. The van der Waals surface area contributed by atoms with E-state index in [0.29, 0.717) is 35.3 Å². The van der Waals surface area contributed by atoms with Crippen LogP contribution < -0.4 is 19.5 Å². The molecular formula is C24H30N2O5S. The monoisotopic (exact) mass is 458 g/mol. The molecule has 0 atom stereocenters. The van der Waals surface area contributed by atoms with Crippen molar-refractivity contribution in [3.05, 3.63) is 72.3 Å². The first-order valence-corrected chi connectivity index (χ1v) is 11.8. The van der Waals surface area contributed by atoms with Crippen molar-refractivity contribution in [2.24, 2.45) is 5.92 Å². The summed E-state index contributed by atoms with van der Waals surface area (Å²) in [4.78, 5) is 12.2. The zero-order valence-corrected chi connectivity index (χ0v) is 19.4. The van der Waals surface area contributed by atoms with Gasteiger partial charge in [0.05, 0.1) is 19.5 Å². The fourth-order valence-electron chi connectivity index (χ4n) is 2.66. The van der Waals surface area contributed by atoms with Gasteiger partial charge in [0.15, 0.2) is 11.5 Å². The molecule has 32 heavy (non-hydrogen) atoms. The van der Waals surface area contributed by atoms with Crippen LogP contribution in [0.3, 0.4) is 0 Å². The molecule has 2 aromatic carbocycles. The van der Waals surface area contributed by atoms with Crippen LogP contribution in [0.2, 0.25) is 0 Å². The van der Waals surface area contributed by atoms with Crippen LogP contribution in [0.15, 0.2) is 61.2 Å². The van der Waals surface area contributed by atoms with Crippen LogP contribution in [0.4, 0.5) is 5.69 Å². The van der Waals surface area contributed by atoms with Crippen LogP contribution in [0.25, 0.3) is 6.08 Å².